The van der Waals surface area contributed by atoms with E-state index in [2.05, 4.69) is 0 Å². The van der Waals surface area contributed by atoms with Crippen molar-refractivity contribution in [3.63, 3.8) is 0 Å². The number of anilines is 1. The van der Waals surface area contributed by atoms with Crippen LogP contribution in [0.1, 0.15) is 24.3 Å². The van der Waals surface area contributed by atoms with Crippen LogP contribution >= 0.6 is 0 Å². The first-order valence-corrected chi connectivity index (χ1v) is 8.72. The summed E-state index contributed by atoms with van der Waals surface area (Å²) in [6.45, 7) is 0.724. The zero-order chi connectivity index (χ0) is 15.0. The Labute approximate surface area is 122 Å². The lowest BCUT2D eigenvalue weighted by Crippen LogP contribution is -2.24. The van der Waals surface area contributed by atoms with Crippen LogP contribution in [0, 0.1) is 5.82 Å². The maximum atomic E-state index is 14.3. The van der Waals surface area contributed by atoms with Gasteiger partial charge in [-0.25, -0.2) is 17.6 Å². The Bertz CT molecular complexity index is 660. The molecule has 0 unspecified atom stereocenters. The molecule has 0 aliphatic carbocycles. The van der Waals surface area contributed by atoms with Gasteiger partial charge in [0.2, 0.25) is 0 Å². The summed E-state index contributed by atoms with van der Waals surface area (Å²) in [7, 11) is -2.96. The summed E-state index contributed by atoms with van der Waals surface area (Å²) in [4.78, 5) is 12.8. The van der Waals surface area contributed by atoms with Gasteiger partial charge in [0.15, 0.2) is 0 Å². The lowest BCUT2D eigenvalue weighted by molar-refractivity contribution is 0.181. The second-order valence-corrected chi connectivity index (χ2v) is 7.70. The van der Waals surface area contributed by atoms with Crippen LogP contribution in [-0.2, 0) is 14.6 Å². The van der Waals surface area contributed by atoms with Crippen LogP contribution in [0.25, 0.3) is 0 Å². The van der Waals surface area contributed by atoms with E-state index < -0.39 is 21.7 Å². The number of amides is 1. The van der Waals surface area contributed by atoms with E-state index in [1.807, 2.05) is 0 Å². The number of hydrogen-bond acceptors (Lipinski definition) is 4. The third-order valence-corrected chi connectivity index (χ3v) is 5.77. The van der Waals surface area contributed by atoms with E-state index in [-0.39, 0.29) is 17.4 Å². The molecule has 0 radical (unpaired) electrons. The second-order valence-electron chi connectivity index (χ2n) is 5.40. The first-order valence-electron chi connectivity index (χ1n) is 6.90. The van der Waals surface area contributed by atoms with Crippen LogP contribution in [0.3, 0.4) is 0 Å². The van der Waals surface area contributed by atoms with Gasteiger partial charge < -0.3 is 4.74 Å². The van der Waals surface area contributed by atoms with Crippen molar-refractivity contribution in [3.05, 3.63) is 29.6 Å². The highest BCUT2D eigenvalue weighted by Gasteiger charge is 2.28. The molecule has 2 fully saturated rings. The third kappa shape index (κ3) is 2.88. The molecule has 7 heteroatoms. The number of hydrogen-bond donors (Lipinski definition) is 0. The maximum absolute atomic E-state index is 14.3. The summed E-state index contributed by atoms with van der Waals surface area (Å²) in [6, 6.07) is 4.66. The SMILES string of the molecule is O=C1OCCN1c1ccc(C2CCS(=O)(=O)CC2)c(F)c1. The van der Waals surface area contributed by atoms with Gasteiger partial charge in [-0.2, -0.15) is 0 Å². The molecule has 1 aromatic carbocycles. The number of rotatable bonds is 2. The molecule has 5 nitrogen and oxygen atoms in total. The zero-order valence-corrected chi connectivity index (χ0v) is 12.2. The molecular weight excluding hydrogens is 297 g/mol. The monoisotopic (exact) mass is 313 g/mol. The first-order chi connectivity index (χ1) is 9.96. The number of nitrogens with zero attached hydrogens (tertiary/aromatic N) is 1. The molecule has 0 atom stereocenters. The molecule has 2 aliphatic heterocycles. The topological polar surface area (TPSA) is 63.7 Å². The van der Waals surface area contributed by atoms with Crippen molar-refractivity contribution in [1.82, 2.24) is 0 Å². The summed E-state index contributed by atoms with van der Waals surface area (Å²) in [5.41, 5.74) is 1.00. The Morgan fingerprint density at radius 2 is 1.95 bits per heavy atom. The van der Waals surface area contributed by atoms with Crippen molar-refractivity contribution in [2.24, 2.45) is 0 Å². The smallest absolute Gasteiger partial charge is 0.414 e. The summed E-state index contributed by atoms with van der Waals surface area (Å²) in [6.07, 6.45) is 0.431. The van der Waals surface area contributed by atoms with E-state index >= 15 is 0 Å². The number of sulfone groups is 1. The minimum atomic E-state index is -2.96. The van der Waals surface area contributed by atoms with Gasteiger partial charge in [-0.15, -0.1) is 0 Å². The molecule has 21 heavy (non-hydrogen) atoms. The summed E-state index contributed by atoms with van der Waals surface area (Å²) in [5.74, 6) is -0.251. The molecular formula is C14H16FNO4S. The highest BCUT2D eigenvalue weighted by molar-refractivity contribution is 7.91. The lowest BCUT2D eigenvalue weighted by atomic mass is 9.93. The van der Waals surface area contributed by atoms with Gasteiger partial charge in [-0.1, -0.05) is 6.07 Å². The number of carbonyl (C=O) groups excluding carboxylic acids is 1. The molecule has 0 bridgehead atoms. The summed E-state index contributed by atoms with van der Waals surface area (Å²) < 4.78 is 42.0. The Morgan fingerprint density at radius 3 is 2.52 bits per heavy atom. The molecule has 0 spiro atoms. The average molecular weight is 313 g/mol. The van der Waals surface area contributed by atoms with Crippen molar-refractivity contribution in [2.45, 2.75) is 18.8 Å². The van der Waals surface area contributed by atoms with E-state index in [9.17, 15) is 17.6 Å². The fourth-order valence-electron chi connectivity index (χ4n) is 2.84. The molecule has 1 aromatic rings. The summed E-state index contributed by atoms with van der Waals surface area (Å²) >= 11 is 0. The normalized spacial score (nSPS) is 22.3. The second kappa shape index (κ2) is 5.29. The molecule has 2 saturated heterocycles. The fourth-order valence-corrected chi connectivity index (χ4v) is 4.34. The van der Waals surface area contributed by atoms with Crippen LogP contribution in [-0.4, -0.2) is 39.2 Å². The van der Waals surface area contributed by atoms with E-state index in [0.717, 1.165) is 0 Å². The van der Waals surface area contributed by atoms with E-state index in [0.29, 0.717) is 37.2 Å². The van der Waals surface area contributed by atoms with Crippen LogP contribution < -0.4 is 4.90 Å². The Balaban J connectivity index is 1.80. The number of ether oxygens (including phenoxy) is 1. The Hall–Kier alpha value is -1.63. The Kier molecular flexibility index (Phi) is 3.61. The van der Waals surface area contributed by atoms with Crippen molar-refractivity contribution < 1.29 is 22.3 Å². The number of cyclic esters (lactones) is 1. The minimum Gasteiger partial charge on any atom is -0.447 e. The van der Waals surface area contributed by atoms with Gasteiger partial charge in [0.1, 0.15) is 22.3 Å². The predicted molar refractivity (Wildman–Crippen MR) is 75.7 cm³/mol. The van der Waals surface area contributed by atoms with Gasteiger partial charge in [-0.05, 0) is 36.5 Å². The van der Waals surface area contributed by atoms with E-state index in [4.69, 9.17) is 4.74 Å². The average Bonchev–Trinajstić information content (AvgIpc) is 2.85. The molecule has 0 saturated carbocycles. The minimum absolute atomic E-state index is 0.0758. The Morgan fingerprint density at radius 1 is 1.24 bits per heavy atom. The van der Waals surface area contributed by atoms with Crippen LogP contribution in [0.4, 0.5) is 14.9 Å². The van der Waals surface area contributed by atoms with Gasteiger partial charge >= 0.3 is 6.09 Å². The predicted octanol–water partition coefficient (Wildman–Crippen LogP) is 2.07. The first kappa shape index (κ1) is 14.3. The molecule has 3 rings (SSSR count). The number of benzene rings is 1. The third-order valence-electron chi connectivity index (χ3n) is 4.05. The molecule has 0 N–H and O–H groups in total. The molecule has 2 heterocycles. The molecule has 114 valence electrons. The highest BCUT2D eigenvalue weighted by Crippen LogP contribution is 2.32. The quantitative estimate of drug-likeness (QED) is 0.838. The van der Waals surface area contributed by atoms with Gasteiger partial charge in [0.25, 0.3) is 0 Å². The van der Waals surface area contributed by atoms with Crippen molar-refractivity contribution in [2.75, 3.05) is 29.6 Å². The highest BCUT2D eigenvalue weighted by atomic mass is 32.2. The van der Waals surface area contributed by atoms with E-state index in [1.54, 1.807) is 12.1 Å². The van der Waals surface area contributed by atoms with Gasteiger partial charge in [0.05, 0.1) is 23.7 Å². The van der Waals surface area contributed by atoms with Crippen LogP contribution in [0.5, 0.6) is 0 Å². The van der Waals surface area contributed by atoms with Crippen LogP contribution in [0.2, 0.25) is 0 Å². The largest absolute Gasteiger partial charge is 0.447 e. The number of carbonyl (C=O) groups is 1. The van der Waals surface area contributed by atoms with E-state index in [1.165, 1.54) is 11.0 Å². The number of halogens is 1. The van der Waals surface area contributed by atoms with Crippen molar-refractivity contribution in [3.8, 4) is 0 Å². The molecule has 2 aliphatic rings. The molecule has 0 aromatic heterocycles. The molecule has 1 amide bonds. The fraction of sp³-hybridized carbons (Fsp3) is 0.500. The zero-order valence-electron chi connectivity index (χ0n) is 11.4. The van der Waals surface area contributed by atoms with Gasteiger partial charge in [0, 0.05) is 0 Å². The standard InChI is InChI=1S/C14H16FNO4S/c15-13-9-11(16-5-6-20-14(16)17)1-2-12(13)10-3-7-21(18,19)8-4-10/h1-2,9-10H,3-8H2. The van der Waals surface area contributed by atoms with Crippen LogP contribution in [0.15, 0.2) is 18.2 Å². The lowest BCUT2D eigenvalue weighted by Gasteiger charge is -2.23. The van der Waals surface area contributed by atoms with Crippen molar-refractivity contribution >= 4 is 21.6 Å². The van der Waals surface area contributed by atoms with Crippen molar-refractivity contribution in [1.29, 1.82) is 0 Å². The maximum Gasteiger partial charge on any atom is 0.414 e. The van der Waals surface area contributed by atoms with Gasteiger partial charge in [-0.3, -0.25) is 4.90 Å². The summed E-state index contributed by atoms with van der Waals surface area (Å²) in [5, 5.41) is 0.